The molecular weight excluding hydrogens is 194 g/mol. The highest BCUT2D eigenvalue weighted by atomic mass is 32.1. The van der Waals surface area contributed by atoms with Crippen LogP contribution in [0.1, 0.15) is 23.7 Å². The molecule has 2 nitrogen and oxygen atoms in total. The molecule has 2 atom stereocenters. The van der Waals surface area contributed by atoms with Crippen molar-refractivity contribution in [2.75, 3.05) is 0 Å². The molecule has 1 amide bonds. The van der Waals surface area contributed by atoms with Crippen LogP contribution in [0.25, 0.3) is 0 Å². The van der Waals surface area contributed by atoms with Crippen LogP contribution in [0.4, 0.5) is 0 Å². The van der Waals surface area contributed by atoms with Gasteiger partial charge in [0, 0.05) is 16.5 Å². The van der Waals surface area contributed by atoms with Crippen LogP contribution < -0.4 is 5.32 Å². The van der Waals surface area contributed by atoms with E-state index in [4.69, 9.17) is 0 Å². The van der Waals surface area contributed by atoms with E-state index in [9.17, 15) is 4.79 Å². The van der Waals surface area contributed by atoms with Gasteiger partial charge in [0.1, 0.15) is 0 Å². The highest BCUT2D eigenvalue weighted by molar-refractivity contribution is 7.80. The molecule has 0 aromatic heterocycles. The Morgan fingerprint density at radius 2 is 2.29 bits per heavy atom. The zero-order chi connectivity index (χ0) is 10.1. The normalized spacial score (nSPS) is 24.4. The quantitative estimate of drug-likeness (QED) is 0.715. The summed E-state index contributed by atoms with van der Waals surface area (Å²) in [5.74, 6) is 0.647. The summed E-state index contributed by atoms with van der Waals surface area (Å²) in [5, 5.41) is 2.97. The summed E-state index contributed by atoms with van der Waals surface area (Å²) in [6.45, 7) is 2.14. The van der Waals surface area contributed by atoms with Crippen LogP contribution >= 0.6 is 12.6 Å². The predicted molar refractivity (Wildman–Crippen MR) is 58.7 cm³/mol. The van der Waals surface area contributed by atoms with E-state index >= 15 is 0 Å². The molecule has 0 bridgehead atoms. The van der Waals surface area contributed by atoms with E-state index in [1.807, 2.05) is 18.2 Å². The molecule has 1 fully saturated rings. The molecule has 2 unspecified atom stereocenters. The minimum absolute atomic E-state index is 0.00949. The van der Waals surface area contributed by atoms with Crippen LogP contribution in [-0.4, -0.2) is 11.9 Å². The number of amides is 1. The van der Waals surface area contributed by atoms with Gasteiger partial charge in [0.05, 0.1) is 0 Å². The Balaban J connectivity index is 2.03. The first-order chi connectivity index (χ1) is 6.66. The number of hydrogen-bond acceptors (Lipinski definition) is 2. The number of carbonyl (C=O) groups excluding carboxylic acids is 1. The van der Waals surface area contributed by atoms with Crippen LogP contribution in [0.5, 0.6) is 0 Å². The molecule has 1 saturated carbocycles. The second-order valence-corrected chi connectivity index (χ2v) is 4.36. The highest BCUT2D eigenvalue weighted by Crippen LogP contribution is 2.29. The van der Waals surface area contributed by atoms with Crippen molar-refractivity contribution in [2.24, 2.45) is 5.92 Å². The topological polar surface area (TPSA) is 29.1 Å². The molecule has 2 rings (SSSR count). The second-order valence-electron chi connectivity index (χ2n) is 3.84. The van der Waals surface area contributed by atoms with E-state index < -0.39 is 0 Å². The van der Waals surface area contributed by atoms with E-state index in [2.05, 4.69) is 24.9 Å². The molecule has 0 spiro atoms. The Hall–Kier alpha value is -0.960. The lowest BCUT2D eigenvalue weighted by Gasteiger charge is -2.03. The number of rotatable bonds is 2. The van der Waals surface area contributed by atoms with Crippen LogP contribution in [-0.2, 0) is 0 Å². The van der Waals surface area contributed by atoms with Gasteiger partial charge in [-0.05, 0) is 30.5 Å². The molecule has 74 valence electrons. The summed E-state index contributed by atoms with van der Waals surface area (Å²) in [6.07, 6.45) is 1.10. The predicted octanol–water partition coefficient (Wildman–Crippen LogP) is 2.11. The third-order valence-electron chi connectivity index (χ3n) is 2.53. The van der Waals surface area contributed by atoms with Crippen molar-refractivity contribution in [1.29, 1.82) is 0 Å². The van der Waals surface area contributed by atoms with Gasteiger partial charge in [-0.15, -0.1) is 12.6 Å². The average Bonchev–Trinajstić information content (AvgIpc) is 2.81. The molecule has 0 saturated heterocycles. The standard InChI is InChI=1S/C11H13NOS/c1-7-5-10(7)12-11(13)8-3-2-4-9(14)6-8/h2-4,6-7,10,14H,5H2,1H3,(H,12,13). The maximum Gasteiger partial charge on any atom is 0.251 e. The number of hydrogen-bond donors (Lipinski definition) is 2. The van der Waals surface area contributed by atoms with Crippen LogP contribution in [0, 0.1) is 5.92 Å². The van der Waals surface area contributed by atoms with Gasteiger partial charge in [0.25, 0.3) is 5.91 Å². The van der Waals surface area contributed by atoms with Gasteiger partial charge in [-0.3, -0.25) is 4.79 Å². The van der Waals surface area contributed by atoms with Gasteiger partial charge in [0.2, 0.25) is 0 Å². The number of thiol groups is 1. The summed E-state index contributed by atoms with van der Waals surface area (Å²) in [7, 11) is 0. The molecule has 0 heterocycles. The molecule has 1 aromatic rings. The Morgan fingerprint density at radius 3 is 2.86 bits per heavy atom. The van der Waals surface area contributed by atoms with E-state index in [1.54, 1.807) is 6.07 Å². The highest BCUT2D eigenvalue weighted by Gasteiger charge is 2.33. The lowest BCUT2D eigenvalue weighted by molar-refractivity contribution is 0.0949. The van der Waals surface area contributed by atoms with E-state index in [0.29, 0.717) is 17.5 Å². The number of carbonyl (C=O) groups is 1. The van der Waals surface area contributed by atoms with Crippen LogP contribution in [0.3, 0.4) is 0 Å². The minimum Gasteiger partial charge on any atom is -0.349 e. The first-order valence-electron chi connectivity index (χ1n) is 4.76. The van der Waals surface area contributed by atoms with Gasteiger partial charge >= 0.3 is 0 Å². The lowest BCUT2D eigenvalue weighted by Crippen LogP contribution is -2.26. The largest absolute Gasteiger partial charge is 0.349 e. The van der Waals surface area contributed by atoms with Crippen molar-refractivity contribution >= 4 is 18.5 Å². The molecule has 1 N–H and O–H groups in total. The van der Waals surface area contributed by atoms with E-state index in [-0.39, 0.29) is 5.91 Å². The Morgan fingerprint density at radius 1 is 1.57 bits per heavy atom. The van der Waals surface area contributed by atoms with Crippen molar-refractivity contribution in [2.45, 2.75) is 24.3 Å². The molecular formula is C11H13NOS. The summed E-state index contributed by atoms with van der Waals surface area (Å²) in [6, 6.07) is 7.67. The van der Waals surface area contributed by atoms with Crippen molar-refractivity contribution < 1.29 is 4.79 Å². The fraction of sp³-hybridized carbons (Fsp3) is 0.364. The van der Waals surface area contributed by atoms with Crippen molar-refractivity contribution in [1.82, 2.24) is 5.32 Å². The van der Waals surface area contributed by atoms with E-state index in [0.717, 1.165) is 11.3 Å². The molecule has 1 aromatic carbocycles. The van der Waals surface area contributed by atoms with Crippen LogP contribution in [0.2, 0.25) is 0 Å². The van der Waals surface area contributed by atoms with Crippen molar-refractivity contribution in [3.63, 3.8) is 0 Å². The summed E-state index contributed by atoms with van der Waals surface area (Å²) < 4.78 is 0. The Labute approximate surface area is 89.1 Å². The summed E-state index contributed by atoms with van der Waals surface area (Å²) >= 11 is 4.19. The summed E-state index contributed by atoms with van der Waals surface area (Å²) in [5.41, 5.74) is 0.691. The van der Waals surface area contributed by atoms with Gasteiger partial charge in [0.15, 0.2) is 0 Å². The Bertz CT molecular complexity index is 364. The van der Waals surface area contributed by atoms with Crippen molar-refractivity contribution in [3.8, 4) is 0 Å². The average molecular weight is 207 g/mol. The third-order valence-corrected chi connectivity index (χ3v) is 2.81. The monoisotopic (exact) mass is 207 g/mol. The maximum atomic E-state index is 11.6. The fourth-order valence-electron chi connectivity index (χ4n) is 1.42. The van der Waals surface area contributed by atoms with Gasteiger partial charge < -0.3 is 5.32 Å². The molecule has 1 aliphatic carbocycles. The van der Waals surface area contributed by atoms with E-state index in [1.165, 1.54) is 0 Å². The molecule has 0 aliphatic heterocycles. The summed E-state index contributed by atoms with van der Waals surface area (Å²) in [4.78, 5) is 12.5. The first-order valence-corrected chi connectivity index (χ1v) is 5.21. The molecule has 3 heteroatoms. The maximum absolute atomic E-state index is 11.6. The van der Waals surface area contributed by atoms with Gasteiger partial charge in [-0.25, -0.2) is 0 Å². The minimum atomic E-state index is 0.00949. The second kappa shape index (κ2) is 3.65. The zero-order valence-corrected chi connectivity index (χ0v) is 8.92. The molecule has 14 heavy (non-hydrogen) atoms. The molecule has 0 radical (unpaired) electrons. The fourth-order valence-corrected chi connectivity index (χ4v) is 1.65. The number of benzene rings is 1. The molecule has 1 aliphatic rings. The Kier molecular flexibility index (Phi) is 2.50. The lowest BCUT2D eigenvalue weighted by atomic mass is 10.2. The number of nitrogens with one attached hydrogen (secondary N) is 1. The first kappa shape index (κ1) is 9.59. The van der Waals surface area contributed by atoms with Gasteiger partial charge in [-0.2, -0.15) is 0 Å². The van der Waals surface area contributed by atoms with Crippen LogP contribution in [0.15, 0.2) is 29.2 Å². The van der Waals surface area contributed by atoms with Gasteiger partial charge in [-0.1, -0.05) is 13.0 Å². The smallest absolute Gasteiger partial charge is 0.251 e. The zero-order valence-electron chi connectivity index (χ0n) is 8.03. The van der Waals surface area contributed by atoms with Crippen molar-refractivity contribution in [3.05, 3.63) is 29.8 Å². The third kappa shape index (κ3) is 2.10. The SMILES string of the molecule is CC1CC1NC(=O)c1cccc(S)c1.